The first kappa shape index (κ1) is 20.9. The van der Waals surface area contributed by atoms with Crippen molar-refractivity contribution in [2.45, 2.75) is 65.4 Å². The van der Waals surface area contributed by atoms with Crippen molar-refractivity contribution in [3.8, 4) is 0 Å². The number of rotatable bonds is 8. The molecule has 0 aliphatic heterocycles. The zero-order valence-electron chi connectivity index (χ0n) is 12.8. The SMILES string of the molecule is CCCCCC[C@H](CO)CNC(=O)OC(C)(C)C.S. The number of amides is 1. The molecule has 1 atom stereocenters. The summed E-state index contributed by atoms with van der Waals surface area (Å²) in [5.74, 6) is 0.134. The fourth-order valence-electron chi connectivity index (χ4n) is 1.66. The van der Waals surface area contributed by atoms with Crippen LogP contribution in [0.5, 0.6) is 0 Å². The van der Waals surface area contributed by atoms with Crippen LogP contribution in [0.25, 0.3) is 0 Å². The van der Waals surface area contributed by atoms with Crippen molar-refractivity contribution in [3.05, 3.63) is 0 Å². The average molecular weight is 293 g/mol. The van der Waals surface area contributed by atoms with E-state index in [1.54, 1.807) is 0 Å². The minimum atomic E-state index is -0.472. The number of carbonyl (C=O) groups is 1. The number of ether oxygens (including phenoxy) is 1. The van der Waals surface area contributed by atoms with Gasteiger partial charge < -0.3 is 15.2 Å². The highest BCUT2D eigenvalue weighted by Gasteiger charge is 2.17. The summed E-state index contributed by atoms with van der Waals surface area (Å²) in [5.41, 5.74) is -0.472. The summed E-state index contributed by atoms with van der Waals surface area (Å²) in [6.45, 7) is 8.27. The predicted molar refractivity (Wildman–Crippen MR) is 84.0 cm³/mol. The van der Waals surface area contributed by atoms with Gasteiger partial charge in [0.2, 0.25) is 0 Å². The van der Waals surface area contributed by atoms with Gasteiger partial charge in [0.1, 0.15) is 5.60 Å². The second-order valence-corrected chi connectivity index (χ2v) is 5.78. The normalized spacial score (nSPS) is 12.5. The molecule has 0 aliphatic rings. The second-order valence-electron chi connectivity index (χ2n) is 5.78. The first-order chi connectivity index (χ1) is 8.39. The number of aliphatic hydroxyl groups is 1. The molecule has 0 radical (unpaired) electrons. The first-order valence-corrected chi connectivity index (χ1v) is 6.96. The molecule has 0 bridgehead atoms. The second kappa shape index (κ2) is 11.4. The molecule has 0 spiro atoms. The van der Waals surface area contributed by atoms with Crippen LogP contribution < -0.4 is 5.32 Å². The van der Waals surface area contributed by atoms with Crippen molar-refractivity contribution in [1.29, 1.82) is 0 Å². The number of aliphatic hydroxyl groups excluding tert-OH is 1. The fourth-order valence-corrected chi connectivity index (χ4v) is 1.66. The quantitative estimate of drug-likeness (QED) is 0.676. The lowest BCUT2D eigenvalue weighted by Crippen LogP contribution is -2.36. The summed E-state index contributed by atoms with van der Waals surface area (Å²) in [4.78, 5) is 11.4. The number of nitrogens with one attached hydrogen (secondary N) is 1. The Balaban J connectivity index is 0. The zero-order valence-corrected chi connectivity index (χ0v) is 13.8. The molecule has 2 N–H and O–H groups in total. The highest BCUT2D eigenvalue weighted by atomic mass is 32.1. The Morgan fingerprint density at radius 2 is 1.89 bits per heavy atom. The lowest BCUT2D eigenvalue weighted by atomic mass is 10.0. The highest BCUT2D eigenvalue weighted by molar-refractivity contribution is 7.59. The molecule has 0 fully saturated rings. The van der Waals surface area contributed by atoms with Gasteiger partial charge in [0.15, 0.2) is 0 Å². The van der Waals surface area contributed by atoms with Gasteiger partial charge in [-0.1, -0.05) is 32.6 Å². The molecule has 0 saturated carbocycles. The molecule has 116 valence electrons. The molecule has 0 unspecified atom stereocenters. The summed E-state index contributed by atoms with van der Waals surface area (Å²) in [5, 5.41) is 11.9. The molecule has 0 rings (SSSR count). The lowest BCUT2D eigenvalue weighted by molar-refractivity contribution is 0.0511. The van der Waals surface area contributed by atoms with E-state index in [9.17, 15) is 9.90 Å². The van der Waals surface area contributed by atoms with Crippen molar-refractivity contribution in [1.82, 2.24) is 5.32 Å². The van der Waals surface area contributed by atoms with Crippen LogP contribution in [0.4, 0.5) is 4.79 Å². The molecule has 0 aliphatic carbocycles. The van der Waals surface area contributed by atoms with Crippen LogP contribution in [0.15, 0.2) is 0 Å². The molecule has 19 heavy (non-hydrogen) atoms. The number of alkyl carbamates (subject to hydrolysis) is 1. The number of hydrogen-bond acceptors (Lipinski definition) is 3. The van der Waals surface area contributed by atoms with Gasteiger partial charge in [-0.3, -0.25) is 0 Å². The predicted octanol–water partition coefficient (Wildman–Crippen LogP) is 3.20. The van der Waals surface area contributed by atoms with E-state index in [2.05, 4.69) is 12.2 Å². The van der Waals surface area contributed by atoms with Gasteiger partial charge in [-0.05, 0) is 33.1 Å². The van der Waals surface area contributed by atoms with E-state index < -0.39 is 11.7 Å². The monoisotopic (exact) mass is 293 g/mol. The van der Waals surface area contributed by atoms with Gasteiger partial charge >= 0.3 is 6.09 Å². The van der Waals surface area contributed by atoms with E-state index in [0.717, 1.165) is 12.8 Å². The van der Waals surface area contributed by atoms with Gasteiger partial charge in [0.05, 0.1) is 0 Å². The molecular weight excluding hydrogens is 262 g/mol. The van der Waals surface area contributed by atoms with Crippen LogP contribution in [0, 0.1) is 5.92 Å². The van der Waals surface area contributed by atoms with E-state index in [-0.39, 0.29) is 26.0 Å². The van der Waals surface area contributed by atoms with Crippen LogP contribution in [0.3, 0.4) is 0 Å². The Kier molecular flexibility index (Phi) is 12.5. The molecule has 0 saturated heterocycles. The number of carbonyl (C=O) groups excluding carboxylic acids is 1. The van der Waals surface area contributed by atoms with E-state index >= 15 is 0 Å². The van der Waals surface area contributed by atoms with Gasteiger partial charge in [-0.15, -0.1) is 0 Å². The summed E-state index contributed by atoms with van der Waals surface area (Å²) in [6, 6.07) is 0. The average Bonchev–Trinajstić information content (AvgIpc) is 2.26. The van der Waals surface area contributed by atoms with Crippen molar-refractivity contribution in [2.24, 2.45) is 5.92 Å². The van der Waals surface area contributed by atoms with E-state index in [0.29, 0.717) is 6.54 Å². The van der Waals surface area contributed by atoms with Crippen molar-refractivity contribution in [3.63, 3.8) is 0 Å². The molecule has 1 amide bonds. The van der Waals surface area contributed by atoms with Crippen molar-refractivity contribution in [2.75, 3.05) is 13.2 Å². The molecular formula is C14H31NO3S. The number of hydrogen-bond donors (Lipinski definition) is 2. The summed E-state index contributed by atoms with van der Waals surface area (Å²) in [7, 11) is 0. The number of unbranched alkanes of at least 4 members (excludes halogenated alkanes) is 3. The summed E-state index contributed by atoms with van der Waals surface area (Å²) < 4.78 is 5.14. The standard InChI is InChI=1S/C14H29NO3.H2S/c1-5-6-7-8-9-12(11-16)10-15-13(17)18-14(2,3)4;/h12,16H,5-11H2,1-4H3,(H,15,17);1H2/t12-;/m0./s1. The zero-order chi connectivity index (χ0) is 14.0. The minimum Gasteiger partial charge on any atom is -0.444 e. The van der Waals surface area contributed by atoms with Crippen molar-refractivity contribution >= 4 is 19.6 Å². The maximum atomic E-state index is 11.4. The van der Waals surface area contributed by atoms with Gasteiger partial charge in [0.25, 0.3) is 0 Å². The fraction of sp³-hybridized carbons (Fsp3) is 0.929. The molecule has 0 aromatic carbocycles. The lowest BCUT2D eigenvalue weighted by Gasteiger charge is -2.21. The maximum Gasteiger partial charge on any atom is 0.407 e. The topological polar surface area (TPSA) is 58.6 Å². The molecule has 0 aromatic rings. The van der Waals surface area contributed by atoms with Crippen LogP contribution >= 0.6 is 13.5 Å². The molecule has 0 heterocycles. The van der Waals surface area contributed by atoms with Gasteiger partial charge in [-0.25, -0.2) is 4.79 Å². The van der Waals surface area contributed by atoms with E-state index in [4.69, 9.17) is 4.74 Å². The maximum absolute atomic E-state index is 11.4. The third kappa shape index (κ3) is 13.8. The van der Waals surface area contributed by atoms with Crippen LogP contribution in [0.2, 0.25) is 0 Å². The largest absolute Gasteiger partial charge is 0.444 e. The summed E-state index contributed by atoms with van der Waals surface area (Å²) in [6.07, 6.45) is 5.28. The highest BCUT2D eigenvalue weighted by Crippen LogP contribution is 2.11. The Morgan fingerprint density at radius 3 is 2.37 bits per heavy atom. The Hall–Kier alpha value is -0.420. The van der Waals surface area contributed by atoms with Gasteiger partial charge in [0, 0.05) is 13.2 Å². The van der Waals surface area contributed by atoms with E-state index in [1.807, 2.05) is 20.8 Å². The molecule has 0 aromatic heterocycles. The van der Waals surface area contributed by atoms with Crippen molar-refractivity contribution < 1.29 is 14.6 Å². The Labute approximate surface area is 124 Å². The summed E-state index contributed by atoms with van der Waals surface area (Å²) >= 11 is 0. The molecule has 4 nitrogen and oxygen atoms in total. The van der Waals surface area contributed by atoms with Crippen LogP contribution in [-0.2, 0) is 4.74 Å². The third-order valence-electron chi connectivity index (χ3n) is 2.66. The van der Waals surface area contributed by atoms with Crippen LogP contribution in [0.1, 0.15) is 59.8 Å². The third-order valence-corrected chi connectivity index (χ3v) is 2.66. The van der Waals surface area contributed by atoms with Crippen LogP contribution in [-0.4, -0.2) is 30.0 Å². The molecule has 5 heteroatoms. The van der Waals surface area contributed by atoms with Gasteiger partial charge in [-0.2, -0.15) is 13.5 Å². The first-order valence-electron chi connectivity index (χ1n) is 6.96. The minimum absolute atomic E-state index is 0. The smallest absolute Gasteiger partial charge is 0.407 e. The van der Waals surface area contributed by atoms with E-state index in [1.165, 1.54) is 19.3 Å². The Bertz CT molecular complexity index is 229. The Morgan fingerprint density at radius 1 is 1.26 bits per heavy atom.